The van der Waals surface area contributed by atoms with E-state index in [0.717, 1.165) is 43.3 Å². The van der Waals surface area contributed by atoms with E-state index in [-0.39, 0.29) is 18.3 Å². The molecule has 1 aliphatic heterocycles. The van der Waals surface area contributed by atoms with Crippen LogP contribution in [0.15, 0.2) is 67.0 Å². The predicted molar refractivity (Wildman–Crippen MR) is 125 cm³/mol. The van der Waals surface area contributed by atoms with Gasteiger partial charge in [-0.1, -0.05) is 30.3 Å². The van der Waals surface area contributed by atoms with Gasteiger partial charge in [-0.3, -0.25) is 4.79 Å². The van der Waals surface area contributed by atoms with E-state index in [1.807, 2.05) is 53.4 Å². The first kappa shape index (κ1) is 22.5. The van der Waals surface area contributed by atoms with E-state index in [2.05, 4.69) is 32.3 Å². The highest BCUT2D eigenvalue weighted by atomic mass is 35.5. The number of hydrogen-bond donors (Lipinski definition) is 2. The molecule has 2 aromatic carbocycles. The molecule has 0 radical (unpaired) electrons. The first-order valence-corrected chi connectivity index (χ1v) is 10.2. The molecule has 3 N–H and O–H groups in total. The maximum atomic E-state index is 13.0. The Morgan fingerprint density at radius 3 is 2.48 bits per heavy atom. The van der Waals surface area contributed by atoms with Crippen LogP contribution < -0.4 is 16.0 Å². The largest absolute Gasteiger partial charge is 0.368 e. The zero-order chi connectivity index (χ0) is 20.8. The van der Waals surface area contributed by atoms with Crippen LogP contribution in [-0.2, 0) is 13.1 Å². The predicted octanol–water partition coefficient (Wildman–Crippen LogP) is 2.93. The number of nitrogens with zero attached hydrogens (tertiary/aromatic N) is 4. The minimum Gasteiger partial charge on any atom is -0.368 e. The number of anilines is 2. The lowest BCUT2D eigenvalue weighted by molar-refractivity contribution is 0.0746. The number of amides is 1. The van der Waals surface area contributed by atoms with Gasteiger partial charge in [-0.2, -0.15) is 0 Å². The van der Waals surface area contributed by atoms with Crippen molar-refractivity contribution in [3.8, 4) is 0 Å². The van der Waals surface area contributed by atoms with Gasteiger partial charge in [-0.25, -0.2) is 9.97 Å². The molecule has 8 heteroatoms. The van der Waals surface area contributed by atoms with E-state index < -0.39 is 0 Å². The summed E-state index contributed by atoms with van der Waals surface area (Å²) < 4.78 is 0. The van der Waals surface area contributed by atoms with Crippen LogP contribution in [0.25, 0.3) is 0 Å². The van der Waals surface area contributed by atoms with Gasteiger partial charge >= 0.3 is 0 Å². The summed E-state index contributed by atoms with van der Waals surface area (Å²) in [6.07, 6.45) is 1.50. The standard InChI is InChI=1S/C23H26N6O.ClH/c24-15-20-14-22(27-17-26-20)25-16-18-5-4-6-19(13-18)23(30)29-11-9-28(10-12-29)21-7-2-1-3-8-21;/h1-8,13-14,17H,9-12,15-16,24H2,(H,25,26,27);1H. The molecule has 31 heavy (non-hydrogen) atoms. The molecular formula is C23H27ClN6O. The summed E-state index contributed by atoms with van der Waals surface area (Å²) in [4.78, 5) is 25.6. The lowest BCUT2D eigenvalue weighted by Gasteiger charge is -2.36. The Bertz CT molecular complexity index is 992. The molecule has 2 heterocycles. The minimum atomic E-state index is 0. The van der Waals surface area contributed by atoms with Crippen LogP contribution in [0.3, 0.4) is 0 Å². The molecule has 1 saturated heterocycles. The van der Waals surface area contributed by atoms with Crippen LogP contribution in [0.1, 0.15) is 21.6 Å². The second kappa shape index (κ2) is 10.7. The average Bonchev–Trinajstić information content (AvgIpc) is 2.83. The van der Waals surface area contributed by atoms with Gasteiger partial charge < -0.3 is 20.9 Å². The molecule has 1 amide bonds. The van der Waals surface area contributed by atoms with Crippen molar-refractivity contribution >= 4 is 29.8 Å². The maximum absolute atomic E-state index is 13.0. The zero-order valence-corrected chi connectivity index (χ0v) is 18.1. The van der Waals surface area contributed by atoms with Gasteiger partial charge in [0.05, 0.1) is 5.69 Å². The molecule has 1 aliphatic rings. The fourth-order valence-electron chi connectivity index (χ4n) is 3.60. The minimum absolute atomic E-state index is 0. The quantitative estimate of drug-likeness (QED) is 0.615. The molecule has 0 unspecified atom stereocenters. The smallest absolute Gasteiger partial charge is 0.253 e. The molecule has 0 aliphatic carbocycles. The van der Waals surface area contributed by atoms with Crippen LogP contribution in [0, 0.1) is 0 Å². The van der Waals surface area contributed by atoms with Crippen LogP contribution in [0.4, 0.5) is 11.5 Å². The van der Waals surface area contributed by atoms with Crippen LogP contribution in [0.2, 0.25) is 0 Å². The normalized spacial score (nSPS) is 13.5. The number of nitrogens with one attached hydrogen (secondary N) is 1. The zero-order valence-electron chi connectivity index (χ0n) is 17.3. The van der Waals surface area contributed by atoms with Gasteiger partial charge in [0.25, 0.3) is 5.91 Å². The first-order valence-electron chi connectivity index (χ1n) is 10.2. The van der Waals surface area contributed by atoms with E-state index in [1.54, 1.807) is 0 Å². The first-order chi connectivity index (χ1) is 14.7. The molecule has 1 fully saturated rings. The SMILES string of the molecule is Cl.NCc1cc(NCc2cccc(C(=O)N3CCN(c4ccccc4)CC3)c2)ncn1. The summed E-state index contributed by atoms with van der Waals surface area (Å²) >= 11 is 0. The third kappa shape index (κ3) is 5.71. The summed E-state index contributed by atoms with van der Waals surface area (Å²) in [5.41, 5.74) is 9.36. The molecule has 0 atom stereocenters. The van der Waals surface area contributed by atoms with Gasteiger partial charge in [0.1, 0.15) is 12.1 Å². The van der Waals surface area contributed by atoms with Gasteiger partial charge in [0, 0.05) is 56.6 Å². The molecule has 162 valence electrons. The van der Waals surface area contributed by atoms with E-state index in [0.29, 0.717) is 18.7 Å². The van der Waals surface area contributed by atoms with Crippen molar-refractivity contribution in [2.75, 3.05) is 36.4 Å². The number of benzene rings is 2. The van der Waals surface area contributed by atoms with Crippen LogP contribution in [0.5, 0.6) is 0 Å². The second-order valence-corrected chi connectivity index (χ2v) is 7.27. The Morgan fingerprint density at radius 1 is 0.968 bits per heavy atom. The van der Waals surface area contributed by atoms with Gasteiger partial charge in [0.2, 0.25) is 0 Å². The van der Waals surface area contributed by atoms with Crippen molar-refractivity contribution in [2.24, 2.45) is 5.73 Å². The van der Waals surface area contributed by atoms with Crippen molar-refractivity contribution in [2.45, 2.75) is 13.1 Å². The lowest BCUT2D eigenvalue weighted by atomic mass is 10.1. The Hall–Kier alpha value is -3.16. The fourth-order valence-corrected chi connectivity index (χ4v) is 3.60. The highest BCUT2D eigenvalue weighted by Crippen LogP contribution is 2.17. The highest BCUT2D eigenvalue weighted by Gasteiger charge is 2.22. The van der Waals surface area contributed by atoms with Crippen LogP contribution >= 0.6 is 12.4 Å². The summed E-state index contributed by atoms with van der Waals surface area (Å²) in [5.74, 6) is 0.802. The molecule has 3 aromatic rings. The summed E-state index contributed by atoms with van der Waals surface area (Å²) in [5, 5.41) is 3.27. The summed E-state index contributed by atoms with van der Waals surface area (Å²) in [7, 11) is 0. The fraction of sp³-hybridized carbons (Fsp3) is 0.261. The number of rotatable bonds is 6. The number of piperazine rings is 1. The Balaban J connectivity index is 0.00000272. The van der Waals surface area contributed by atoms with Crippen molar-refractivity contribution in [1.29, 1.82) is 0 Å². The third-order valence-corrected chi connectivity index (χ3v) is 5.27. The number of carbonyl (C=O) groups excluding carboxylic acids is 1. The van der Waals surface area contributed by atoms with E-state index in [4.69, 9.17) is 5.73 Å². The Morgan fingerprint density at radius 2 is 1.74 bits per heavy atom. The monoisotopic (exact) mass is 438 g/mol. The Labute approximate surface area is 188 Å². The summed E-state index contributed by atoms with van der Waals surface area (Å²) in [6.45, 7) is 4.07. The number of nitrogens with two attached hydrogens (primary N) is 1. The second-order valence-electron chi connectivity index (χ2n) is 7.27. The number of aromatic nitrogens is 2. The van der Waals surface area contributed by atoms with E-state index in [1.165, 1.54) is 12.0 Å². The molecule has 4 rings (SSSR count). The molecule has 0 bridgehead atoms. The van der Waals surface area contributed by atoms with Gasteiger partial charge in [-0.15, -0.1) is 12.4 Å². The van der Waals surface area contributed by atoms with E-state index in [9.17, 15) is 4.79 Å². The van der Waals surface area contributed by atoms with Crippen molar-refractivity contribution in [3.63, 3.8) is 0 Å². The molecular weight excluding hydrogens is 412 g/mol. The summed E-state index contributed by atoms with van der Waals surface area (Å²) in [6, 6.07) is 19.9. The number of para-hydroxylation sites is 1. The van der Waals surface area contributed by atoms with Gasteiger partial charge in [0.15, 0.2) is 0 Å². The average molecular weight is 439 g/mol. The van der Waals surface area contributed by atoms with E-state index >= 15 is 0 Å². The molecule has 0 spiro atoms. The molecule has 7 nitrogen and oxygen atoms in total. The number of carbonyl (C=O) groups is 1. The topological polar surface area (TPSA) is 87.4 Å². The van der Waals surface area contributed by atoms with Crippen molar-refractivity contribution in [3.05, 3.63) is 83.8 Å². The number of halogens is 1. The number of hydrogen-bond acceptors (Lipinski definition) is 6. The van der Waals surface area contributed by atoms with Crippen molar-refractivity contribution < 1.29 is 4.79 Å². The highest BCUT2D eigenvalue weighted by molar-refractivity contribution is 5.94. The third-order valence-electron chi connectivity index (χ3n) is 5.27. The molecule has 1 aromatic heterocycles. The van der Waals surface area contributed by atoms with Crippen LogP contribution in [-0.4, -0.2) is 47.0 Å². The lowest BCUT2D eigenvalue weighted by Crippen LogP contribution is -2.48. The van der Waals surface area contributed by atoms with Gasteiger partial charge in [-0.05, 0) is 29.8 Å². The molecule has 0 saturated carbocycles. The maximum Gasteiger partial charge on any atom is 0.253 e. The Kier molecular flexibility index (Phi) is 7.81. The van der Waals surface area contributed by atoms with Crippen molar-refractivity contribution in [1.82, 2.24) is 14.9 Å².